The quantitative estimate of drug-likeness (QED) is 0.799. The average Bonchev–Trinajstić information content (AvgIpc) is 2.30. The molecule has 1 rings (SSSR count). The van der Waals surface area contributed by atoms with Gasteiger partial charge in [0.25, 0.3) is 0 Å². The highest BCUT2D eigenvalue weighted by Gasteiger charge is 2.22. The molecule has 0 aliphatic heterocycles. The van der Waals surface area contributed by atoms with E-state index in [4.69, 9.17) is 10.5 Å². The number of aliphatic hydroxyl groups is 1. The van der Waals surface area contributed by atoms with Crippen LogP contribution in [0.15, 0.2) is 24.3 Å². The lowest BCUT2D eigenvalue weighted by molar-refractivity contribution is 0.0985. The zero-order valence-corrected chi connectivity index (χ0v) is 10.2. The van der Waals surface area contributed by atoms with Gasteiger partial charge in [-0.15, -0.1) is 0 Å². The Hall–Kier alpha value is -1.06. The van der Waals surface area contributed by atoms with Gasteiger partial charge < -0.3 is 15.6 Å². The van der Waals surface area contributed by atoms with Crippen LogP contribution in [0, 0.1) is 5.92 Å². The number of methoxy groups -OCH3 is 1. The summed E-state index contributed by atoms with van der Waals surface area (Å²) in [6, 6.07) is 7.72. The minimum Gasteiger partial charge on any atom is -0.497 e. The van der Waals surface area contributed by atoms with E-state index in [0.29, 0.717) is 6.54 Å². The fraction of sp³-hybridized carbons (Fsp3) is 0.538. The largest absolute Gasteiger partial charge is 0.497 e. The van der Waals surface area contributed by atoms with Gasteiger partial charge >= 0.3 is 0 Å². The highest BCUT2D eigenvalue weighted by Crippen LogP contribution is 2.26. The Kier molecular flexibility index (Phi) is 4.77. The van der Waals surface area contributed by atoms with Gasteiger partial charge in [0.15, 0.2) is 0 Å². The number of nitrogens with two attached hydrogens (primary N) is 1. The van der Waals surface area contributed by atoms with Crippen molar-refractivity contribution in [2.45, 2.75) is 25.9 Å². The first-order valence-electron chi connectivity index (χ1n) is 5.62. The summed E-state index contributed by atoms with van der Waals surface area (Å²) in [7, 11) is 1.63. The van der Waals surface area contributed by atoms with Crippen LogP contribution >= 0.6 is 0 Å². The van der Waals surface area contributed by atoms with Crippen LogP contribution in [-0.2, 0) is 0 Å². The number of aliphatic hydroxyl groups excluding tert-OH is 1. The topological polar surface area (TPSA) is 55.5 Å². The summed E-state index contributed by atoms with van der Waals surface area (Å²) in [5.41, 5.74) is 6.76. The van der Waals surface area contributed by atoms with Crippen molar-refractivity contribution in [2.75, 3.05) is 13.7 Å². The molecule has 0 aliphatic rings. The summed E-state index contributed by atoms with van der Waals surface area (Å²) in [6.45, 7) is 4.42. The molecule has 0 spiro atoms. The van der Waals surface area contributed by atoms with E-state index >= 15 is 0 Å². The van der Waals surface area contributed by atoms with E-state index in [1.165, 1.54) is 0 Å². The summed E-state index contributed by atoms with van der Waals surface area (Å²) >= 11 is 0. The Bertz CT molecular complexity index is 325. The van der Waals surface area contributed by atoms with Crippen LogP contribution in [-0.4, -0.2) is 24.9 Å². The van der Waals surface area contributed by atoms with Crippen molar-refractivity contribution in [3.8, 4) is 5.75 Å². The normalized spacial score (nSPS) is 14.9. The van der Waals surface area contributed by atoms with Crippen LogP contribution in [0.5, 0.6) is 5.75 Å². The van der Waals surface area contributed by atoms with Crippen molar-refractivity contribution in [2.24, 2.45) is 11.7 Å². The summed E-state index contributed by atoms with van der Waals surface area (Å²) < 4.78 is 5.17. The number of benzene rings is 1. The third-order valence-corrected chi connectivity index (χ3v) is 2.87. The van der Waals surface area contributed by atoms with Crippen molar-refractivity contribution in [1.82, 2.24) is 0 Å². The molecule has 0 saturated heterocycles. The van der Waals surface area contributed by atoms with E-state index < -0.39 is 6.10 Å². The molecular formula is C13H21NO2. The molecule has 1 aromatic rings. The van der Waals surface area contributed by atoms with E-state index in [-0.39, 0.29) is 11.8 Å². The maximum atomic E-state index is 10.1. The fourth-order valence-electron chi connectivity index (χ4n) is 1.81. The Morgan fingerprint density at radius 2 is 2.06 bits per heavy atom. The van der Waals surface area contributed by atoms with Crippen LogP contribution in [0.1, 0.15) is 25.3 Å². The van der Waals surface area contributed by atoms with Crippen LogP contribution in [0.2, 0.25) is 0 Å². The molecular weight excluding hydrogens is 202 g/mol. The van der Waals surface area contributed by atoms with E-state index in [1.807, 2.05) is 38.1 Å². The van der Waals surface area contributed by atoms with Gasteiger partial charge in [0.1, 0.15) is 5.75 Å². The second-order valence-electron chi connectivity index (χ2n) is 4.35. The monoisotopic (exact) mass is 223 g/mol. The molecule has 2 atom stereocenters. The van der Waals surface area contributed by atoms with Gasteiger partial charge in [-0.2, -0.15) is 0 Å². The number of ether oxygens (including phenoxy) is 1. The standard InChI is InChI=1S/C13H21NO2/c1-9(2)13(15)12(8-14)10-5-4-6-11(7-10)16-3/h4-7,9,12-13,15H,8,14H2,1-3H3. The van der Waals surface area contributed by atoms with Crippen LogP contribution in [0.25, 0.3) is 0 Å². The van der Waals surface area contributed by atoms with Gasteiger partial charge in [-0.05, 0) is 23.6 Å². The van der Waals surface area contributed by atoms with Gasteiger partial charge in [-0.1, -0.05) is 26.0 Å². The SMILES string of the molecule is COc1cccc(C(CN)C(O)C(C)C)c1. The van der Waals surface area contributed by atoms with E-state index in [9.17, 15) is 5.11 Å². The van der Waals surface area contributed by atoms with Gasteiger partial charge in [0.05, 0.1) is 13.2 Å². The highest BCUT2D eigenvalue weighted by atomic mass is 16.5. The second kappa shape index (κ2) is 5.87. The molecule has 0 heterocycles. The molecule has 0 radical (unpaired) electrons. The van der Waals surface area contributed by atoms with E-state index in [2.05, 4.69) is 0 Å². The molecule has 0 amide bonds. The molecule has 0 aromatic heterocycles. The maximum Gasteiger partial charge on any atom is 0.119 e. The Balaban J connectivity index is 2.94. The number of hydrogen-bond acceptors (Lipinski definition) is 3. The number of rotatable bonds is 5. The van der Waals surface area contributed by atoms with E-state index in [1.54, 1.807) is 7.11 Å². The van der Waals surface area contributed by atoms with Gasteiger partial charge in [0, 0.05) is 12.5 Å². The number of hydrogen-bond donors (Lipinski definition) is 2. The Morgan fingerprint density at radius 1 is 1.38 bits per heavy atom. The van der Waals surface area contributed by atoms with Gasteiger partial charge in [-0.3, -0.25) is 0 Å². The van der Waals surface area contributed by atoms with Crippen molar-refractivity contribution in [3.05, 3.63) is 29.8 Å². The van der Waals surface area contributed by atoms with Gasteiger partial charge in [-0.25, -0.2) is 0 Å². The lowest BCUT2D eigenvalue weighted by Gasteiger charge is -2.25. The predicted molar refractivity (Wildman–Crippen MR) is 65.6 cm³/mol. The molecule has 0 aliphatic carbocycles. The predicted octanol–water partition coefficient (Wildman–Crippen LogP) is 1.75. The smallest absolute Gasteiger partial charge is 0.119 e. The molecule has 0 fully saturated rings. The third kappa shape index (κ3) is 2.97. The van der Waals surface area contributed by atoms with Gasteiger partial charge in [0.2, 0.25) is 0 Å². The average molecular weight is 223 g/mol. The van der Waals surface area contributed by atoms with Crippen molar-refractivity contribution >= 4 is 0 Å². The Morgan fingerprint density at radius 3 is 2.56 bits per heavy atom. The summed E-state index contributed by atoms with van der Waals surface area (Å²) in [6.07, 6.45) is -0.419. The Labute approximate surface area is 97.2 Å². The molecule has 3 N–H and O–H groups in total. The zero-order valence-electron chi connectivity index (χ0n) is 10.2. The minimum atomic E-state index is -0.419. The zero-order chi connectivity index (χ0) is 12.1. The fourth-order valence-corrected chi connectivity index (χ4v) is 1.81. The third-order valence-electron chi connectivity index (χ3n) is 2.87. The summed E-state index contributed by atoms with van der Waals surface area (Å²) in [5.74, 6) is 0.960. The van der Waals surface area contributed by atoms with Crippen molar-refractivity contribution < 1.29 is 9.84 Å². The molecule has 90 valence electrons. The molecule has 1 aromatic carbocycles. The first-order chi connectivity index (χ1) is 7.60. The lowest BCUT2D eigenvalue weighted by Crippen LogP contribution is -2.29. The molecule has 16 heavy (non-hydrogen) atoms. The molecule has 0 bridgehead atoms. The summed E-state index contributed by atoms with van der Waals surface area (Å²) in [5, 5.41) is 10.1. The lowest BCUT2D eigenvalue weighted by atomic mass is 9.87. The highest BCUT2D eigenvalue weighted by molar-refractivity contribution is 5.31. The molecule has 0 saturated carbocycles. The minimum absolute atomic E-state index is 0.0323. The maximum absolute atomic E-state index is 10.1. The summed E-state index contributed by atoms with van der Waals surface area (Å²) in [4.78, 5) is 0. The second-order valence-corrected chi connectivity index (χ2v) is 4.35. The molecule has 3 nitrogen and oxygen atoms in total. The molecule has 3 heteroatoms. The van der Waals surface area contributed by atoms with E-state index in [0.717, 1.165) is 11.3 Å². The first-order valence-corrected chi connectivity index (χ1v) is 5.62. The first kappa shape index (κ1) is 13.0. The van der Waals surface area contributed by atoms with Crippen LogP contribution in [0.3, 0.4) is 0 Å². The molecule has 2 unspecified atom stereocenters. The van der Waals surface area contributed by atoms with Crippen molar-refractivity contribution in [1.29, 1.82) is 0 Å². The van der Waals surface area contributed by atoms with Crippen molar-refractivity contribution in [3.63, 3.8) is 0 Å². The van der Waals surface area contributed by atoms with Crippen LogP contribution < -0.4 is 10.5 Å². The van der Waals surface area contributed by atoms with Crippen LogP contribution in [0.4, 0.5) is 0 Å².